The first kappa shape index (κ1) is 20.6. The Bertz CT molecular complexity index is 868. The fraction of sp³-hybridized carbons (Fsp3) is 0.333. The second-order valence-corrected chi connectivity index (χ2v) is 6.32. The van der Waals surface area contributed by atoms with Crippen LogP contribution in [0.25, 0.3) is 0 Å². The molecule has 1 heterocycles. The molecule has 0 spiro atoms. The Hall–Kier alpha value is -3.13. The van der Waals surface area contributed by atoms with E-state index in [1.807, 2.05) is 0 Å². The van der Waals surface area contributed by atoms with Crippen molar-refractivity contribution < 1.29 is 28.2 Å². The van der Waals surface area contributed by atoms with Gasteiger partial charge in [-0.3, -0.25) is 4.79 Å². The van der Waals surface area contributed by atoms with Crippen LogP contribution in [0.1, 0.15) is 17.3 Å². The third-order valence-electron chi connectivity index (χ3n) is 4.33. The summed E-state index contributed by atoms with van der Waals surface area (Å²) in [7, 11) is 0. The number of hydrogen-bond acceptors (Lipinski definition) is 6. The summed E-state index contributed by atoms with van der Waals surface area (Å²) in [5, 5.41) is 2.76. The molecule has 29 heavy (non-hydrogen) atoms. The molecule has 1 fully saturated rings. The molecular weight excluding hydrogens is 379 g/mol. The van der Waals surface area contributed by atoms with Crippen LogP contribution in [0.3, 0.4) is 0 Å². The van der Waals surface area contributed by atoms with Crippen molar-refractivity contribution in [1.29, 1.82) is 0 Å². The Balaban J connectivity index is 1.76. The van der Waals surface area contributed by atoms with E-state index in [9.17, 15) is 14.0 Å². The Morgan fingerprint density at radius 2 is 1.93 bits per heavy atom. The average molecular weight is 402 g/mol. The Morgan fingerprint density at radius 1 is 1.17 bits per heavy atom. The highest BCUT2D eigenvalue weighted by Crippen LogP contribution is 2.28. The summed E-state index contributed by atoms with van der Waals surface area (Å²) < 4.78 is 29.3. The molecule has 0 bridgehead atoms. The van der Waals surface area contributed by atoms with Crippen LogP contribution in [-0.2, 0) is 14.3 Å². The van der Waals surface area contributed by atoms with Gasteiger partial charge in [0.2, 0.25) is 0 Å². The molecule has 0 radical (unpaired) electrons. The molecule has 2 aromatic carbocycles. The fourth-order valence-corrected chi connectivity index (χ4v) is 2.95. The predicted molar refractivity (Wildman–Crippen MR) is 106 cm³/mol. The molecule has 1 aliphatic rings. The van der Waals surface area contributed by atoms with Gasteiger partial charge in [0, 0.05) is 13.1 Å². The van der Waals surface area contributed by atoms with Gasteiger partial charge in [0.05, 0.1) is 36.8 Å². The van der Waals surface area contributed by atoms with Gasteiger partial charge in [-0.15, -0.1) is 0 Å². The second kappa shape index (κ2) is 9.88. The normalized spacial score (nSPS) is 13.7. The standard InChI is InChI=1S/C21H23FN2O5/c1-2-28-21(26)15-7-8-18(24-9-11-27-12-10-24)17(13-15)23-20(25)14-29-19-6-4-3-5-16(19)22/h3-8,13H,2,9-12,14H2,1H3,(H,23,25). The largest absolute Gasteiger partial charge is 0.481 e. The number of nitrogens with zero attached hydrogens (tertiary/aromatic N) is 1. The number of nitrogens with one attached hydrogen (secondary N) is 1. The van der Waals surface area contributed by atoms with Crippen molar-refractivity contribution in [2.45, 2.75) is 6.92 Å². The van der Waals surface area contributed by atoms with E-state index in [-0.39, 0.29) is 19.0 Å². The zero-order valence-electron chi connectivity index (χ0n) is 16.2. The minimum absolute atomic E-state index is 0.00340. The van der Waals surface area contributed by atoms with Crippen LogP contribution in [0.5, 0.6) is 5.75 Å². The van der Waals surface area contributed by atoms with Crippen LogP contribution in [0.15, 0.2) is 42.5 Å². The Morgan fingerprint density at radius 3 is 2.66 bits per heavy atom. The minimum Gasteiger partial charge on any atom is -0.481 e. The van der Waals surface area contributed by atoms with Crippen molar-refractivity contribution in [3.05, 3.63) is 53.8 Å². The average Bonchev–Trinajstić information content (AvgIpc) is 2.74. The van der Waals surface area contributed by atoms with E-state index in [2.05, 4.69) is 10.2 Å². The molecule has 0 atom stereocenters. The number of benzene rings is 2. The number of carbonyl (C=O) groups is 2. The van der Waals surface area contributed by atoms with E-state index < -0.39 is 17.7 Å². The lowest BCUT2D eigenvalue weighted by atomic mass is 10.1. The number of anilines is 2. The number of para-hydroxylation sites is 1. The topological polar surface area (TPSA) is 77.1 Å². The van der Waals surface area contributed by atoms with Crippen LogP contribution in [0, 0.1) is 5.82 Å². The first-order valence-electron chi connectivity index (χ1n) is 9.39. The van der Waals surface area contributed by atoms with Crippen LogP contribution in [0.2, 0.25) is 0 Å². The molecule has 1 amide bonds. The van der Waals surface area contributed by atoms with E-state index in [4.69, 9.17) is 14.2 Å². The van der Waals surface area contributed by atoms with Crippen LogP contribution >= 0.6 is 0 Å². The molecule has 7 nitrogen and oxygen atoms in total. The maximum atomic E-state index is 13.7. The quantitative estimate of drug-likeness (QED) is 0.718. The van der Waals surface area contributed by atoms with Crippen LogP contribution in [0.4, 0.5) is 15.8 Å². The molecule has 0 unspecified atom stereocenters. The number of halogens is 1. The van der Waals surface area contributed by atoms with Crippen molar-refractivity contribution >= 4 is 23.3 Å². The lowest BCUT2D eigenvalue weighted by Crippen LogP contribution is -2.37. The summed E-state index contributed by atoms with van der Waals surface area (Å²) >= 11 is 0. The number of amides is 1. The van der Waals surface area contributed by atoms with E-state index in [0.29, 0.717) is 37.6 Å². The Labute approximate surface area is 168 Å². The number of esters is 1. The first-order chi connectivity index (χ1) is 14.1. The van der Waals surface area contributed by atoms with E-state index in [0.717, 1.165) is 5.69 Å². The lowest BCUT2D eigenvalue weighted by Gasteiger charge is -2.30. The van der Waals surface area contributed by atoms with Gasteiger partial charge in [-0.1, -0.05) is 12.1 Å². The lowest BCUT2D eigenvalue weighted by molar-refractivity contribution is -0.118. The second-order valence-electron chi connectivity index (χ2n) is 6.32. The van der Waals surface area contributed by atoms with Gasteiger partial charge in [0.15, 0.2) is 18.2 Å². The van der Waals surface area contributed by atoms with Crippen molar-refractivity contribution in [1.82, 2.24) is 0 Å². The maximum Gasteiger partial charge on any atom is 0.338 e. The summed E-state index contributed by atoms with van der Waals surface area (Å²) in [5.74, 6) is -1.49. The third-order valence-corrected chi connectivity index (χ3v) is 4.33. The van der Waals surface area contributed by atoms with Crippen molar-refractivity contribution in [2.24, 2.45) is 0 Å². The first-order valence-corrected chi connectivity index (χ1v) is 9.39. The van der Waals surface area contributed by atoms with Gasteiger partial charge >= 0.3 is 5.97 Å². The summed E-state index contributed by atoms with van der Waals surface area (Å²) in [6.45, 7) is 4.07. The number of morpholine rings is 1. The monoisotopic (exact) mass is 402 g/mol. The summed E-state index contributed by atoms with van der Waals surface area (Å²) in [5.41, 5.74) is 1.55. The highest BCUT2D eigenvalue weighted by molar-refractivity contribution is 5.98. The number of ether oxygens (including phenoxy) is 3. The summed E-state index contributed by atoms with van der Waals surface area (Å²) in [6.07, 6.45) is 0. The Kier molecular flexibility index (Phi) is 7.02. The molecule has 0 aromatic heterocycles. The van der Waals surface area contributed by atoms with Crippen molar-refractivity contribution in [3.63, 3.8) is 0 Å². The molecule has 1 aliphatic heterocycles. The molecule has 0 aliphatic carbocycles. The van der Waals surface area contributed by atoms with Crippen molar-refractivity contribution in [3.8, 4) is 5.75 Å². The van der Waals surface area contributed by atoms with Gasteiger partial charge < -0.3 is 24.4 Å². The molecule has 1 saturated heterocycles. The third kappa shape index (κ3) is 5.45. The number of hydrogen-bond donors (Lipinski definition) is 1. The molecular formula is C21H23FN2O5. The van der Waals surface area contributed by atoms with Gasteiger partial charge in [0.1, 0.15) is 0 Å². The summed E-state index contributed by atoms with van der Waals surface area (Å²) in [4.78, 5) is 26.6. The van der Waals surface area contributed by atoms with Crippen LogP contribution in [-0.4, -0.2) is 51.4 Å². The predicted octanol–water partition coefficient (Wildman–Crippen LogP) is 2.86. The van der Waals surface area contributed by atoms with Crippen LogP contribution < -0.4 is 15.0 Å². The van der Waals surface area contributed by atoms with E-state index in [1.165, 1.54) is 18.2 Å². The molecule has 1 N–H and O–H groups in total. The van der Waals surface area contributed by atoms with Crippen molar-refractivity contribution in [2.75, 3.05) is 49.7 Å². The number of rotatable bonds is 7. The smallest absolute Gasteiger partial charge is 0.338 e. The summed E-state index contributed by atoms with van der Waals surface area (Å²) in [6, 6.07) is 10.9. The van der Waals surface area contributed by atoms with Gasteiger partial charge in [-0.25, -0.2) is 9.18 Å². The van der Waals surface area contributed by atoms with Gasteiger partial charge in [-0.05, 0) is 37.3 Å². The highest BCUT2D eigenvalue weighted by atomic mass is 19.1. The zero-order chi connectivity index (χ0) is 20.6. The minimum atomic E-state index is -0.543. The molecule has 154 valence electrons. The SMILES string of the molecule is CCOC(=O)c1ccc(N2CCOCC2)c(NC(=O)COc2ccccc2F)c1. The van der Waals surface area contributed by atoms with E-state index >= 15 is 0 Å². The van der Waals surface area contributed by atoms with E-state index in [1.54, 1.807) is 31.2 Å². The fourth-order valence-electron chi connectivity index (χ4n) is 2.95. The molecule has 2 aromatic rings. The highest BCUT2D eigenvalue weighted by Gasteiger charge is 2.19. The molecule has 0 saturated carbocycles. The van der Waals surface area contributed by atoms with Gasteiger partial charge in [0.25, 0.3) is 5.91 Å². The molecule has 8 heteroatoms. The zero-order valence-corrected chi connectivity index (χ0v) is 16.2. The van der Waals surface area contributed by atoms with Gasteiger partial charge in [-0.2, -0.15) is 0 Å². The molecule has 3 rings (SSSR count). The number of carbonyl (C=O) groups excluding carboxylic acids is 2. The maximum absolute atomic E-state index is 13.7.